The minimum atomic E-state index is -0.182. The van der Waals surface area contributed by atoms with Crippen LogP contribution in [-0.4, -0.2) is 38.4 Å². The number of hydrogen-bond donors (Lipinski definition) is 2. The Morgan fingerprint density at radius 3 is 2.70 bits per heavy atom. The lowest BCUT2D eigenvalue weighted by molar-refractivity contribution is 0.0884. The average molecular weight is 316 g/mol. The third-order valence-electron chi connectivity index (χ3n) is 3.89. The Bertz CT molecular complexity index is 659. The van der Waals surface area contributed by atoms with Crippen LogP contribution in [0.3, 0.4) is 0 Å². The van der Waals surface area contributed by atoms with Gasteiger partial charge in [-0.1, -0.05) is 26.8 Å². The number of rotatable bonds is 5. The van der Waals surface area contributed by atoms with Gasteiger partial charge in [0.25, 0.3) is 5.91 Å². The van der Waals surface area contributed by atoms with E-state index < -0.39 is 0 Å². The number of nitrogens with zero attached hydrogens (tertiary/aromatic N) is 3. The van der Waals surface area contributed by atoms with Gasteiger partial charge in [-0.3, -0.25) is 4.79 Å². The minimum absolute atomic E-state index is 0.0361. The highest BCUT2D eigenvalue weighted by Crippen LogP contribution is 2.22. The molecule has 0 saturated heterocycles. The number of aromatic nitrogens is 3. The predicted molar refractivity (Wildman–Crippen MR) is 88.5 cm³/mol. The standard InChI is InChI=1S/C17H24N4O2/c1-12-13(11-19-21(12)15-7-5-6-9-18-15)16(23)20-14(8-10-22)17(2,3)4/h5-7,9,11,14,22H,8,10H2,1-4H3,(H,20,23). The van der Waals surface area contributed by atoms with Crippen molar-refractivity contribution in [2.24, 2.45) is 5.41 Å². The molecular formula is C17H24N4O2. The summed E-state index contributed by atoms with van der Waals surface area (Å²) < 4.78 is 1.65. The third kappa shape index (κ3) is 3.96. The molecule has 6 nitrogen and oxygen atoms in total. The molecule has 1 atom stereocenters. The Morgan fingerprint density at radius 2 is 2.13 bits per heavy atom. The Morgan fingerprint density at radius 1 is 1.39 bits per heavy atom. The van der Waals surface area contributed by atoms with Gasteiger partial charge in [0.05, 0.1) is 17.5 Å². The molecule has 0 radical (unpaired) electrons. The quantitative estimate of drug-likeness (QED) is 0.885. The van der Waals surface area contributed by atoms with E-state index in [-0.39, 0.29) is 24.0 Å². The molecule has 0 spiro atoms. The summed E-state index contributed by atoms with van der Waals surface area (Å²) in [7, 11) is 0. The molecule has 2 heterocycles. The largest absolute Gasteiger partial charge is 0.396 e. The average Bonchev–Trinajstić information content (AvgIpc) is 2.88. The van der Waals surface area contributed by atoms with Gasteiger partial charge in [0.2, 0.25) is 0 Å². The van der Waals surface area contributed by atoms with Gasteiger partial charge in [0.15, 0.2) is 5.82 Å². The van der Waals surface area contributed by atoms with Crippen molar-refractivity contribution in [1.82, 2.24) is 20.1 Å². The highest BCUT2D eigenvalue weighted by molar-refractivity contribution is 5.95. The summed E-state index contributed by atoms with van der Waals surface area (Å²) in [6.07, 6.45) is 3.76. The van der Waals surface area contributed by atoms with Crippen LogP contribution < -0.4 is 5.32 Å². The smallest absolute Gasteiger partial charge is 0.255 e. The summed E-state index contributed by atoms with van der Waals surface area (Å²) >= 11 is 0. The van der Waals surface area contributed by atoms with E-state index in [1.54, 1.807) is 17.1 Å². The molecular weight excluding hydrogens is 292 g/mol. The first-order valence-electron chi connectivity index (χ1n) is 7.72. The second kappa shape index (κ2) is 6.91. The number of nitrogens with one attached hydrogen (secondary N) is 1. The molecule has 0 aliphatic rings. The predicted octanol–water partition coefficient (Wildman–Crippen LogP) is 2.10. The molecule has 2 rings (SSSR count). The van der Waals surface area contributed by atoms with Crippen LogP contribution in [0.1, 0.15) is 43.2 Å². The van der Waals surface area contributed by atoms with Gasteiger partial charge in [-0.25, -0.2) is 9.67 Å². The Kier molecular flexibility index (Phi) is 5.15. The zero-order valence-electron chi connectivity index (χ0n) is 14.1. The van der Waals surface area contributed by atoms with Crippen LogP contribution in [0.4, 0.5) is 0 Å². The van der Waals surface area contributed by atoms with Gasteiger partial charge >= 0.3 is 0 Å². The minimum Gasteiger partial charge on any atom is -0.396 e. The molecule has 0 aliphatic carbocycles. The maximum absolute atomic E-state index is 12.6. The van der Waals surface area contributed by atoms with Crippen LogP contribution in [0.2, 0.25) is 0 Å². The summed E-state index contributed by atoms with van der Waals surface area (Å²) in [5, 5.41) is 16.5. The van der Waals surface area contributed by atoms with Crippen molar-refractivity contribution < 1.29 is 9.90 Å². The number of carbonyl (C=O) groups is 1. The fourth-order valence-corrected chi connectivity index (χ4v) is 2.43. The number of aliphatic hydroxyl groups is 1. The lowest BCUT2D eigenvalue weighted by atomic mass is 9.85. The summed E-state index contributed by atoms with van der Waals surface area (Å²) in [5.74, 6) is 0.491. The normalized spacial score (nSPS) is 12.9. The Labute approximate surface area is 136 Å². The lowest BCUT2D eigenvalue weighted by Crippen LogP contribution is -2.44. The molecule has 2 aromatic rings. The molecule has 0 aliphatic heterocycles. The molecule has 1 amide bonds. The molecule has 0 saturated carbocycles. The van der Waals surface area contributed by atoms with Crippen LogP contribution in [0.15, 0.2) is 30.6 Å². The van der Waals surface area contributed by atoms with Crippen molar-refractivity contribution in [3.8, 4) is 5.82 Å². The monoisotopic (exact) mass is 316 g/mol. The van der Waals surface area contributed by atoms with Crippen molar-refractivity contribution >= 4 is 5.91 Å². The van der Waals surface area contributed by atoms with E-state index in [0.717, 1.165) is 5.69 Å². The maximum atomic E-state index is 12.6. The second-order valence-corrected chi connectivity index (χ2v) is 6.65. The van der Waals surface area contributed by atoms with E-state index in [1.807, 2.05) is 45.9 Å². The van der Waals surface area contributed by atoms with Crippen molar-refractivity contribution in [2.75, 3.05) is 6.61 Å². The molecule has 1 unspecified atom stereocenters. The number of amides is 1. The zero-order valence-corrected chi connectivity index (χ0v) is 14.1. The number of carbonyl (C=O) groups excluding carboxylic acids is 1. The fraction of sp³-hybridized carbons (Fsp3) is 0.471. The maximum Gasteiger partial charge on any atom is 0.255 e. The topological polar surface area (TPSA) is 80.0 Å². The van der Waals surface area contributed by atoms with Gasteiger partial charge in [-0.15, -0.1) is 0 Å². The molecule has 0 bridgehead atoms. The fourth-order valence-electron chi connectivity index (χ4n) is 2.43. The summed E-state index contributed by atoms with van der Waals surface area (Å²) in [6, 6.07) is 5.43. The van der Waals surface area contributed by atoms with Gasteiger partial charge < -0.3 is 10.4 Å². The van der Waals surface area contributed by atoms with Gasteiger partial charge in [-0.2, -0.15) is 5.10 Å². The van der Waals surface area contributed by atoms with Crippen LogP contribution >= 0.6 is 0 Å². The van der Waals surface area contributed by atoms with Crippen LogP contribution in [0, 0.1) is 12.3 Å². The molecule has 2 N–H and O–H groups in total. The highest BCUT2D eigenvalue weighted by atomic mass is 16.3. The van der Waals surface area contributed by atoms with E-state index in [1.165, 1.54) is 0 Å². The van der Waals surface area contributed by atoms with Gasteiger partial charge in [0.1, 0.15) is 0 Å². The number of hydrogen-bond acceptors (Lipinski definition) is 4. The lowest BCUT2D eigenvalue weighted by Gasteiger charge is -2.31. The number of pyridine rings is 1. The van der Waals surface area contributed by atoms with Crippen LogP contribution in [-0.2, 0) is 0 Å². The second-order valence-electron chi connectivity index (χ2n) is 6.65. The first kappa shape index (κ1) is 17.1. The van der Waals surface area contributed by atoms with Crippen molar-refractivity contribution in [3.63, 3.8) is 0 Å². The Balaban J connectivity index is 2.22. The Hall–Kier alpha value is -2.21. The van der Waals surface area contributed by atoms with Crippen molar-refractivity contribution in [3.05, 3.63) is 41.9 Å². The van der Waals surface area contributed by atoms with E-state index in [4.69, 9.17) is 0 Å². The number of aliphatic hydroxyl groups excluding tert-OH is 1. The SMILES string of the molecule is Cc1c(C(=O)NC(CCO)C(C)(C)C)cnn1-c1ccccn1. The van der Waals surface area contributed by atoms with E-state index in [9.17, 15) is 9.90 Å². The summed E-state index contributed by atoms with van der Waals surface area (Å²) in [6.45, 7) is 8.00. The van der Waals surface area contributed by atoms with Gasteiger partial charge in [-0.05, 0) is 30.9 Å². The molecule has 0 aromatic carbocycles. The van der Waals surface area contributed by atoms with E-state index >= 15 is 0 Å². The van der Waals surface area contributed by atoms with Crippen LogP contribution in [0.5, 0.6) is 0 Å². The van der Waals surface area contributed by atoms with Gasteiger partial charge in [0, 0.05) is 18.8 Å². The van der Waals surface area contributed by atoms with Crippen molar-refractivity contribution in [1.29, 1.82) is 0 Å². The molecule has 0 fully saturated rings. The molecule has 2 aromatic heterocycles. The first-order valence-corrected chi connectivity index (χ1v) is 7.72. The zero-order chi connectivity index (χ0) is 17.0. The van der Waals surface area contributed by atoms with E-state index in [0.29, 0.717) is 17.8 Å². The summed E-state index contributed by atoms with van der Waals surface area (Å²) in [5.41, 5.74) is 1.12. The first-order chi connectivity index (χ1) is 10.8. The molecule has 6 heteroatoms. The van der Waals surface area contributed by atoms with Crippen LogP contribution in [0.25, 0.3) is 5.82 Å². The summed E-state index contributed by atoms with van der Waals surface area (Å²) in [4.78, 5) is 16.8. The van der Waals surface area contributed by atoms with Crippen molar-refractivity contribution in [2.45, 2.75) is 40.2 Å². The van der Waals surface area contributed by atoms with E-state index in [2.05, 4.69) is 15.4 Å². The third-order valence-corrected chi connectivity index (χ3v) is 3.89. The highest BCUT2D eigenvalue weighted by Gasteiger charge is 2.27. The molecule has 23 heavy (non-hydrogen) atoms. The molecule has 124 valence electrons.